The third-order valence-electron chi connectivity index (χ3n) is 3.66. The molecule has 3 N–H and O–H groups in total. The number of rotatable bonds is 2. The standard InChI is InChI=1S/C13H21N3S/c14-13(17)16-15-12-9-5-4-8-11(12)10-6-2-1-3-7-10/h6,11H,1-5,7-9H2,(H3,14,16,17)/b15-12+. The predicted octanol–water partition coefficient (Wildman–Crippen LogP) is 2.87. The Labute approximate surface area is 109 Å². The van der Waals surface area contributed by atoms with Crippen LogP contribution in [0.25, 0.3) is 0 Å². The van der Waals surface area contributed by atoms with Crippen LogP contribution in [0.4, 0.5) is 0 Å². The summed E-state index contributed by atoms with van der Waals surface area (Å²) in [6, 6.07) is 0. The minimum Gasteiger partial charge on any atom is -0.375 e. The minimum atomic E-state index is 0.263. The number of nitrogens with two attached hydrogens (primary N) is 1. The fourth-order valence-corrected chi connectivity index (χ4v) is 2.88. The van der Waals surface area contributed by atoms with Crippen molar-refractivity contribution < 1.29 is 0 Å². The van der Waals surface area contributed by atoms with Gasteiger partial charge in [-0.15, -0.1) is 0 Å². The van der Waals surface area contributed by atoms with E-state index >= 15 is 0 Å². The molecule has 17 heavy (non-hydrogen) atoms. The van der Waals surface area contributed by atoms with E-state index in [0.29, 0.717) is 5.92 Å². The van der Waals surface area contributed by atoms with Gasteiger partial charge in [0.2, 0.25) is 0 Å². The molecule has 0 heterocycles. The van der Waals surface area contributed by atoms with E-state index in [0.717, 1.165) is 6.42 Å². The molecule has 0 aromatic carbocycles. The van der Waals surface area contributed by atoms with Crippen molar-refractivity contribution >= 4 is 23.0 Å². The Morgan fingerprint density at radius 2 is 2.12 bits per heavy atom. The van der Waals surface area contributed by atoms with Crippen molar-refractivity contribution in [3.05, 3.63) is 11.6 Å². The third-order valence-corrected chi connectivity index (χ3v) is 3.75. The van der Waals surface area contributed by atoms with Crippen LogP contribution >= 0.6 is 12.2 Å². The van der Waals surface area contributed by atoms with Gasteiger partial charge in [-0.25, -0.2) is 0 Å². The molecular formula is C13H21N3S. The van der Waals surface area contributed by atoms with Gasteiger partial charge in [0.15, 0.2) is 5.11 Å². The van der Waals surface area contributed by atoms with Gasteiger partial charge in [0.25, 0.3) is 0 Å². The number of thiocarbonyl (C=S) groups is 1. The predicted molar refractivity (Wildman–Crippen MR) is 75.9 cm³/mol. The molecule has 1 atom stereocenters. The fourth-order valence-electron chi connectivity index (χ4n) is 2.84. The lowest BCUT2D eigenvalue weighted by Gasteiger charge is -2.28. The SMILES string of the molecule is NC(=S)N/N=C1\CCCCC1C1=CCCCC1. The number of hydrogen-bond acceptors (Lipinski definition) is 2. The largest absolute Gasteiger partial charge is 0.375 e. The van der Waals surface area contributed by atoms with Crippen LogP contribution < -0.4 is 11.2 Å². The van der Waals surface area contributed by atoms with Crippen LogP contribution in [-0.2, 0) is 0 Å². The normalized spacial score (nSPS) is 27.6. The molecule has 4 heteroatoms. The summed E-state index contributed by atoms with van der Waals surface area (Å²) in [6.45, 7) is 0. The third kappa shape index (κ3) is 3.53. The topological polar surface area (TPSA) is 50.4 Å². The van der Waals surface area contributed by atoms with Gasteiger partial charge in [-0.3, -0.25) is 5.43 Å². The lowest BCUT2D eigenvalue weighted by Crippen LogP contribution is -2.29. The Morgan fingerprint density at radius 3 is 2.82 bits per heavy atom. The highest BCUT2D eigenvalue weighted by Gasteiger charge is 2.24. The summed E-state index contributed by atoms with van der Waals surface area (Å²) in [7, 11) is 0. The Kier molecular flexibility index (Phi) is 4.54. The molecule has 2 aliphatic rings. The highest BCUT2D eigenvalue weighted by molar-refractivity contribution is 7.80. The van der Waals surface area contributed by atoms with Crippen LogP contribution in [-0.4, -0.2) is 10.8 Å². The van der Waals surface area contributed by atoms with Crippen molar-refractivity contribution in [3.63, 3.8) is 0 Å². The first-order valence-electron chi connectivity index (χ1n) is 6.58. The second-order valence-corrected chi connectivity index (χ2v) is 5.34. The first-order valence-corrected chi connectivity index (χ1v) is 6.99. The minimum absolute atomic E-state index is 0.263. The second-order valence-electron chi connectivity index (χ2n) is 4.90. The zero-order chi connectivity index (χ0) is 12.1. The van der Waals surface area contributed by atoms with Crippen molar-refractivity contribution in [1.29, 1.82) is 0 Å². The molecule has 0 aliphatic heterocycles. The van der Waals surface area contributed by atoms with E-state index in [9.17, 15) is 0 Å². The van der Waals surface area contributed by atoms with Gasteiger partial charge in [0, 0.05) is 11.6 Å². The van der Waals surface area contributed by atoms with Crippen molar-refractivity contribution in [1.82, 2.24) is 5.43 Å². The molecule has 0 radical (unpaired) electrons. The molecule has 1 saturated carbocycles. The summed E-state index contributed by atoms with van der Waals surface area (Å²) in [5.41, 5.74) is 11.0. The van der Waals surface area contributed by atoms with Crippen molar-refractivity contribution in [3.8, 4) is 0 Å². The number of hydrogen-bond donors (Lipinski definition) is 2. The first-order chi connectivity index (χ1) is 8.27. The van der Waals surface area contributed by atoms with Crippen molar-refractivity contribution in [2.24, 2.45) is 16.8 Å². The van der Waals surface area contributed by atoms with E-state index in [-0.39, 0.29) is 5.11 Å². The molecule has 1 unspecified atom stereocenters. The van der Waals surface area contributed by atoms with E-state index in [4.69, 9.17) is 18.0 Å². The summed E-state index contributed by atoms with van der Waals surface area (Å²) in [5.74, 6) is 0.547. The van der Waals surface area contributed by atoms with Crippen LogP contribution in [0.1, 0.15) is 51.4 Å². The number of allylic oxidation sites excluding steroid dienone is 2. The number of hydrazone groups is 1. The van der Waals surface area contributed by atoms with E-state index in [1.165, 1.54) is 50.7 Å². The molecule has 0 aromatic heterocycles. The van der Waals surface area contributed by atoms with Crippen LogP contribution in [0.5, 0.6) is 0 Å². The lowest BCUT2D eigenvalue weighted by atomic mass is 9.78. The van der Waals surface area contributed by atoms with Gasteiger partial charge in [-0.2, -0.15) is 5.10 Å². The highest BCUT2D eigenvalue weighted by atomic mass is 32.1. The van der Waals surface area contributed by atoms with Crippen LogP contribution in [0.15, 0.2) is 16.8 Å². The maximum Gasteiger partial charge on any atom is 0.184 e. The van der Waals surface area contributed by atoms with Gasteiger partial charge in [-0.1, -0.05) is 18.1 Å². The Hall–Kier alpha value is -0.900. The summed E-state index contributed by atoms with van der Waals surface area (Å²) >= 11 is 4.80. The molecule has 0 bridgehead atoms. The lowest BCUT2D eigenvalue weighted by molar-refractivity contribution is 0.538. The second kappa shape index (κ2) is 6.15. The molecule has 0 aromatic rings. The monoisotopic (exact) mass is 251 g/mol. The number of nitrogens with zero attached hydrogens (tertiary/aromatic N) is 1. The molecule has 94 valence electrons. The van der Waals surface area contributed by atoms with E-state index in [1.54, 1.807) is 5.57 Å². The van der Waals surface area contributed by atoms with Crippen LogP contribution in [0.2, 0.25) is 0 Å². The Bertz CT molecular complexity index is 347. The zero-order valence-corrected chi connectivity index (χ0v) is 11.1. The van der Waals surface area contributed by atoms with Gasteiger partial charge >= 0.3 is 0 Å². The number of nitrogens with one attached hydrogen (secondary N) is 1. The van der Waals surface area contributed by atoms with E-state index in [2.05, 4.69) is 16.6 Å². The summed E-state index contributed by atoms with van der Waals surface area (Å²) in [4.78, 5) is 0. The molecular weight excluding hydrogens is 230 g/mol. The van der Waals surface area contributed by atoms with Crippen molar-refractivity contribution in [2.75, 3.05) is 0 Å². The molecule has 0 spiro atoms. The quantitative estimate of drug-likeness (QED) is 0.451. The maximum absolute atomic E-state index is 5.43. The van der Waals surface area contributed by atoms with E-state index < -0.39 is 0 Å². The first kappa shape index (κ1) is 12.6. The Morgan fingerprint density at radius 1 is 1.29 bits per heavy atom. The maximum atomic E-state index is 5.43. The summed E-state index contributed by atoms with van der Waals surface area (Å²) in [5, 5.41) is 4.66. The molecule has 1 fully saturated rings. The molecule has 0 saturated heterocycles. The van der Waals surface area contributed by atoms with Crippen molar-refractivity contribution in [2.45, 2.75) is 51.4 Å². The van der Waals surface area contributed by atoms with Gasteiger partial charge in [-0.05, 0) is 57.2 Å². The molecule has 2 aliphatic carbocycles. The van der Waals surface area contributed by atoms with Gasteiger partial charge < -0.3 is 5.73 Å². The van der Waals surface area contributed by atoms with Gasteiger partial charge in [0.1, 0.15) is 0 Å². The van der Waals surface area contributed by atoms with Crippen LogP contribution in [0.3, 0.4) is 0 Å². The smallest absolute Gasteiger partial charge is 0.184 e. The fraction of sp³-hybridized carbons (Fsp3) is 0.692. The zero-order valence-electron chi connectivity index (χ0n) is 10.2. The molecule has 0 amide bonds. The average molecular weight is 251 g/mol. The summed E-state index contributed by atoms with van der Waals surface area (Å²) in [6.07, 6.45) is 12.5. The van der Waals surface area contributed by atoms with Gasteiger partial charge in [0.05, 0.1) is 0 Å². The molecule has 3 nitrogen and oxygen atoms in total. The molecule has 2 rings (SSSR count). The van der Waals surface area contributed by atoms with E-state index in [1.807, 2.05) is 0 Å². The van der Waals surface area contributed by atoms with Crippen LogP contribution in [0, 0.1) is 5.92 Å². The highest BCUT2D eigenvalue weighted by Crippen LogP contribution is 2.33. The Balaban J connectivity index is 2.08. The average Bonchev–Trinajstić information content (AvgIpc) is 2.38. The summed E-state index contributed by atoms with van der Waals surface area (Å²) < 4.78 is 0.